The van der Waals surface area contributed by atoms with Gasteiger partial charge in [-0.05, 0) is 49.2 Å². The van der Waals surface area contributed by atoms with Crippen molar-refractivity contribution in [1.82, 2.24) is 5.32 Å². The van der Waals surface area contributed by atoms with Crippen molar-refractivity contribution in [2.75, 3.05) is 6.54 Å². The quantitative estimate of drug-likeness (QED) is 0.760. The third-order valence-corrected chi connectivity index (χ3v) is 3.07. The van der Waals surface area contributed by atoms with Gasteiger partial charge in [0.05, 0.1) is 0 Å². The lowest BCUT2D eigenvalue weighted by molar-refractivity contribution is 0.595. The normalized spacial score (nSPS) is 12.2. The molecule has 1 N–H and O–H groups in total. The summed E-state index contributed by atoms with van der Waals surface area (Å²) >= 11 is 12.1. The van der Waals surface area contributed by atoms with Gasteiger partial charge in [-0.2, -0.15) is 0 Å². The summed E-state index contributed by atoms with van der Waals surface area (Å²) in [6.07, 6.45) is 3.18. The van der Waals surface area contributed by atoms with Crippen LogP contribution >= 0.6 is 23.2 Å². The minimum absolute atomic E-state index is 0.526. The Labute approximate surface area is 114 Å². The van der Waals surface area contributed by atoms with Crippen LogP contribution in [0.25, 0.3) is 5.57 Å². The van der Waals surface area contributed by atoms with Gasteiger partial charge in [-0.1, -0.05) is 43.1 Å². The van der Waals surface area contributed by atoms with E-state index in [1.807, 2.05) is 12.1 Å². The van der Waals surface area contributed by atoms with Crippen LogP contribution in [0.15, 0.2) is 24.3 Å². The van der Waals surface area contributed by atoms with Crippen LogP contribution in [0.5, 0.6) is 0 Å². The molecule has 0 radical (unpaired) electrons. The lowest BCUT2D eigenvalue weighted by Crippen LogP contribution is -2.23. The number of halogens is 2. The summed E-state index contributed by atoms with van der Waals surface area (Å²) in [5.74, 6) is 0. The molecule has 3 heteroatoms. The van der Waals surface area contributed by atoms with Crippen molar-refractivity contribution in [2.24, 2.45) is 0 Å². The van der Waals surface area contributed by atoms with E-state index < -0.39 is 0 Å². The first-order chi connectivity index (χ1) is 8.00. The zero-order chi connectivity index (χ0) is 12.8. The fraction of sp³-hybridized carbons (Fsp3) is 0.429. The van der Waals surface area contributed by atoms with Crippen molar-refractivity contribution in [3.05, 3.63) is 39.9 Å². The molecular weight excluding hydrogens is 253 g/mol. The zero-order valence-electron chi connectivity index (χ0n) is 10.6. The molecule has 94 valence electrons. The van der Waals surface area contributed by atoms with Crippen LogP contribution in [0.2, 0.25) is 10.0 Å². The van der Waals surface area contributed by atoms with Crippen molar-refractivity contribution >= 4 is 28.8 Å². The molecule has 0 aliphatic rings. The molecule has 0 spiro atoms. The van der Waals surface area contributed by atoms with E-state index in [-0.39, 0.29) is 0 Å². The summed E-state index contributed by atoms with van der Waals surface area (Å²) in [5.41, 5.74) is 2.19. The Morgan fingerprint density at radius 2 is 2.06 bits per heavy atom. The standard InChI is InChI=1S/C14H19Cl2N/c1-10(2)17-8-4-5-11(3)13-9-12(15)6-7-14(13)16/h5-7,9-10,17H,4,8H2,1-3H3. The maximum Gasteiger partial charge on any atom is 0.0481 e. The molecule has 0 unspecified atom stereocenters. The average molecular weight is 272 g/mol. The highest BCUT2D eigenvalue weighted by atomic mass is 35.5. The van der Waals surface area contributed by atoms with E-state index in [1.54, 1.807) is 6.07 Å². The zero-order valence-corrected chi connectivity index (χ0v) is 12.1. The molecular formula is C14H19Cl2N. The number of allylic oxidation sites excluding steroid dienone is 1. The molecule has 1 aromatic rings. The maximum absolute atomic E-state index is 6.14. The Kier molecular flexibility index (Phi) is 6.04. The molecule has 1 nitrogen and oxygen atoms in total. The Bertz CT molecular complexity index is 397. The van der Waals surface area contributed by atoms with E-state index in [2.05, 4.69) is 32.2 Å². The number of hydrogen-bond acceptors (Lipinski definition) is 1. The molecule has 0 atom stereocenters. The second kappa shape index (κ2) is 7.05. The van der Waals surface area contributed by atoms with Gasteiger partial charge in [-0.15, -0.1) is 0 Å². The minimum atomic E-state index is 0.526. The molecule has 0 saturated heterocycles. The molecule has 1 aromatic carbocycles. The Morgan fingerprint density at radius 1 is 1.35 bits per heavy atom. The largest absolute Gasteiger partial charge is 0.314 e. The Hall–Kier alpha value is -0.500. The van der Waals surface area contributed by atoms with Crippen LogP contribution in [0, 0.1) is 0 Å². The molecule has 17 heavy (non-hydrogen) atoms. The number of hydrogen-bond donors (Lipinski definition) is 1. The Morgan fingerprint density at radius 3 is 2.71 bits per heavy atom. The topological polar surface area (TPSA) is 12.0 Å². The predicted octanol–water partition coefficient (Wildman–Crippen LogP) is 4.78. The van der Waals surface area contributed by atoms with Crippen LogP contribution < -0.4 is 5.32 Å². The molecule has 0 heterocycles. The van der Waals surface area contributed by atoms with Crippen molar-refractivity contribution in [1.29, 1.82) is 0 Å². The fourth-order valence-electron chi connectivity index (χ4n) is 1.57. The number of benzene rings is 1. The second-order valence-corrected chi connectivity index (χ2v) is 5.25. The van der Waals surface area contributed by atoms with Gasteiger partial charge in [-0.25, -0.2) is 0 Å². The van der Waals surface area contributed by atoms with Gasteiger partial charge in [-0.3, -0.25) is 0 Å². The van der Waals surface area contributed by atoms with E-state index in [1.165, 1.54) is 5.57 Å². The lowest BCUT2D eigenvalue weighted by atomic mass is 10.1. The summed E-state index contributed by atoms with van der Waals surface area (Å²) in [5, 5.41) is 4.84. The van der Waals surface area contributed by atoms with Crippen LogP contribution in [0.3, 0.4) is 0 Å². The van der Waals surface area contributed by atoms with Gasteiger partial charge in [0.1, 0.15) is 0 Å². The molecule has 0 fully saturated rings. The number of rotatable bonds is 5. The summed E-state index contributed by atoms with van der Waals surface area (Å²) in [7, 11) is 0. The maximum atomic E-state index is 6.14. The van der Waals surface area contributed by atoms with Gasteiger partial charge in [0.15, 0.2) is 0 Å². The number of nitrogens with one attached hydrogen (secondary N) is 1. The second-order valence-electron chi connectivity index (χ2n) is 4.41. The van der Waals surface area contributed by atoms with Crippen molar-refractivity contribution in [3.63, 3.8) is 0 Å². The molecule has 0 aromatic heterocycles. The van der Waals surface area contributed by atoms with Gasteiger partial charge in [0, 0.05) is 16.1 Å². The third kappa shape index (κ3) is 5.12. The van der Waals surface area contributed by atoms with E-state index in [9.17, 15) is 0 Å². The predicted molar refractivity (Wildman–Crippen MR) is 77.9 cm³/mol. The van der Waals surface area contributed by atoms with Gasteiger partial charge in [0.2, 0.25) is 0 Å². The minimum Gasteiger partial charge on any atom is -0.314 e. The van der Waals surface area contributed by atoms with E-state index >= 15 is 0 Å². The smallest absolute Gasteiger partial charge is 0.0481 e. The monoisotopic (exact) mass is 271 g/mol. The molecule has 0 aliphatic carbocycles. The summed E-state index contributed by atoms with van der Waals surface area (Å²) in [4.78, 5) is 0. The summed E-state index contributed by atoms with van der Waals surface area (Å²) in [6.45, 7) is 7.33. The van der Waals surface area contributed by atoms with Crippen molar-refractivity contribution in [2.45, 2.75) is 33.2 Å². The third-order valence-electron chi connectivity index (χ3n) is 2.50. The van der Waals surface area contributed by atoms with Crippen LogP contribution in [-0.2, 0) is 0 Å². The molecule has 0 aliphatic heterocycles. The van der Waals surface area contributed by atoms with E-state index in [0.717, 1.165) is 28.6 Å². The lowest BCUT2D eigenvalue weighted by Gasteiger charge is -2.08. The summed E-state index contributed by atoms with van der Waals surface area (Å²) in [6, 6.07) is 6.08. The first kappa shape index (κ1) is 14.6. The molecule has 0 saturated carbocycles. The van der Waals surface area contributed by atoms with Crippen molar-refractivity contribution < 1.29 is 0 Å². The highest BCUT2D eigenvalue weighted by molar-refractivity contribution is 6.34. The van der Waals surface area contributed by atoms with Gasteiger partial charge < -0.3 is 5.32 Å². The van der Waals surface area contributed by atoms with Crippen LogP contribution in [0.4, 0.5) is 0 Å². The molecule has 0 bridgehead atoms. The molecule has 1 rings (SSSR count). The average Bonchev–Trinajstić information content (AvgIpc) is 2.27. The van der Waals surface area contributed by atoms with Gasteiger partial charge in [0.25, 0.3) is 0 Å². The van der Waals surface area contributed by atoms with Crippen molar-refractivity contribution in [3.8, 4) is 0 Å². The van der Waals surface area contributed by atoms with Crippen LogP contribution in [0.1, 0.15) is 32.8 Å². The highest BCUT2D eigenvalue weighted by Crippen LogP contribution is 2.26. The van der Waals surface area contributed by atoms with Crippen LogP contribution in [-0.4, -0.2) is 12.6 Å². The first-order valence-electron chi connectivity index (χ1n) is 5.86. The fourth-order valence-corrected chi connectivity index (χ4v) is 2.01. The van der Waals surface area contributed by atoms with Gasteiger partial charge >= 0.3 is 0 Å². The summed E-state index contributed by atoms with van der Waals surface area (Å²) < 4.78 is 0. The SMILES string of the molecule is CC(=CCCNC(C)C)c1cc(Cl)ccc1Cl. The highest BCUT2D eigenvalue weighted by Gasteiger charge is 2.02. The Balaban J connectivity index is 2.65. The molecule has 0 amide bonds. The van der Waals surface area contributed by atoms with E-state index in [4.69, 9.17) is 23.2 Å². The van der Waals surface area contributed by atoms with E-state index in [0.29, 0.717) is 6.04 Å². The first-order valence-corrected chi connectivity index (χ1v) is 6.62.